The third kappa shape index (κ3) is 4.06. The first kappa shape index (κ1) is 15.1. The summed E-state index contributed by atoms with van der Waals surface area (Å²) in [7, 11) is 0. The van der Waals surface area contributed by atoms with Gasteiger partial charge in [0.25, 0.3) is 0 Å². The number of aromatic nitrogens is 1. The number of fused-ring (bicyclic) bond motifs is 1. The largest absolute Gasteiger partial charge is 0.480 e. The van der Waals surface area contributed by atoms with E-state index in [-0.39, 0.29) is 25.7 Å². The second-order valence-electron chi connectivity index (χ2n) is 4.73. The zero-order valence-electron chi connectivity index (χ0n) is 11.8. The summed E-state index contributed by atoms with van der Waals surface area (Å²) in [5.74, 6) is -1.14. The molecule has 0 unspecified atom stereocenters. The van der Waals surface area contributed by atoms with Crippen LogP contribution in [0.15, 0.2) is 30.3 Å². The van der Waals surface area contributed by atoms with E-state index in [0.29, 0.717) is 6.54 Å². The Bertz CT molecular complexity index is 648. The highest BCUT2D eigenvalue weighted by molar-refractivity contribution is 5.84. The van der Waals surface area contributed by atoms with Crippen molar-refractivity contribution >= 4 is 22.8 Å². The quantitative estimate of drug-likeness (QED) is 0.750. The maximum absolute atomic E-state index is 11.9. The molecule has 2 N–H and O–H groups in total. The number of benzene rings is 1. The summed E-state index contributed by atoms with van der Waals surface area (Å²) < 4.78 is 6.80. The van der Waals surface area contributed by atoms with Crippen LogP contribution in [0.3, 0.4) is 0 Å². The Kier molecular flexibility index (Phi) is 4.94. The average Bonchev–Trinajstić information content (AvgIpc) is 2.74. The molecule has 21 heavy (non-hydrogen) atoms. The number of carbonyl (C=O) groups is 2. The van der Waals surface area contributed by atoms with E-state index in [2.05, 4.69) is 5.32 Å². The number of carboxylic acids is 1. The van der Waals surface area contributed by atoms with Crippen LogP contribution >= 0.6 is 0 Å². The lowest BCUT2D eigenvalue weighted by atomic mass is 10.2. The number of aryl methyl sites for hydroxylation is 1. The first-order valence-corrected chi connectivity index (χ1v) is 6.69. The smallest absolute Gasteiger partial charge is 0.329 e. The Hall–Kier alpha value is -2.34. The molecule has 2 rings (SSSR count). The number of nitrogens with one attached hydrogen (secondary N) is 1. The van der Waals surface area contributed by atoms with Gasteiger partial charge in [0.15, 0.2) is 0 Å². The summed E-state index contributed by atoms with van der Waals surface area (Å²) in [6.07, 6.45) is 0. The summed E-state index contributed by atoms with van der Waals surface area (Å²) in [5, 5.41) is 12.2. The van der Waals surface area contributed by atoms with Gasteiger partial charge in [-0.05, 0) is 24.4 Å². The minimum Gasteiger partial charge on any atom is -0.480 e. The molecule has 0 aliphatic carbocycles. The van der Waals surface area contributed by atoms with Crippen LogP contribution in [0, 0.1) is 6.92 Å². The monoisotopic (exact) mass is 290 g/mol. The van der Waals surface area contributed by atoms with Crippen molar-refractivity contribution in [1.29, 1.82) is 0 Å². The molecule has 0 bridgehead atoms. The van der Waals surface area contributed by atoms with E-state index >= 15 is 0 Å². The van der Waals surface area contributed by atoms with Gasteiger partial charge in [0, 0.05) is 17.8 Å². The number of carbonyl (C=O) groups excluding carboxylic acids is 1. The third-order valence-electron chi connectivity index (χ3n) is 3.11. The molecular weight excluding hydrogens is 272 g/mol. The first-order chi connectivity index (χ1) is 10.1. The lowest BCUT2D eigenvalue weighted by Crippen LogP contribution is -2.31. The summed E-state index contributed by atoms with van der Waals surface area (Å²) in [5.41, 5.74) is 2.04. The highest BCUT2D eigenvalue weighted by atomic mass is 16.5. The molecule has 0 saturated heterocycles. The van der Waals surface area contributed by atoms with E-state index in [0.717, 1.165) is 16.6 Å². The van der Waals surface area contributed by atoms with E-state index in [1.54, 1.807) is 0 Å². The Morgan fingerprint density at radius 3 is 2.86 bits per heavy atom. The molecule has 0 aliphatic rings. The van der Waals surface area contributed by atoms with E-state index in [9.17, 15) is 9.59 Å². The molecule has 0 fully saturated rings. The molecule has 2 aromatic rings. The number of aliphatic carboxylic acids is 1. The molecule has 6 heteroatoms. The zero-order chi connectivity index (χ0) is 15.2. The predicted molar refractivity (Wildman–Crippen MR) is 78.1 cm³/mol. The predicted octanol–water partition coefficient (Wildman–Crippen LogP) is 1.17. The lowest BCUT2D eigenvalue weighted by Gasteiger charge is -2.09. The minimum absolute atomic E-state index is 0.127. The standard InChI is InChI=1S/C15H18N2O4/c1-11-8-12-4-2-3-5-13(12)17(11)9-14(18)16-6-7-21-10-15(19)20/h2-5,8H,6-7,9-10H2,1H3,(H,16,18)(H,19,20). The Balaban J connectivity index is 1.87. The van der Waals surface area contributed by atoms with E-state index in [1.165, 1.54) is 0 Å². The van der Waals surface area contributed by atoms with Crippen LogP contribution in [0.4, 0.5) is 0 Å². The van der Waals surface area contributed by atoms with Crippen molar-refractivity contribution in [3.05, 3.63) is 36.0 Å². The maximum Gasteiger partial charge on any atom is 0.329 e. The van der Waals surface area contributed by atoms with Gasteiger partial charge in [-0.3, -0.25) is 4.79 Å². The van der Waals surface area contributed by atoms with Gasteiger partial charge in [0.2, 0.25) is 5.91 Å². The number of amides is 1. The number of rotatable bonds is 7. The average molecular weight is 290 g/mol. The SMILES string of the molecule is Cc1cc2ccccc2n1CC(=O)NCCOCC(=O)O. The van der Waals surface area contributed by atoms with Crippen LogP contribution in [0.5, 0.6) is 0 Å². The van der Waals surface area contributed by atoms with E-state index in [4.69, 9.17) is 9.84 Å². The minimum atomic E-state index is -1.02. The molecule has 6 nitrogen and oxygen atoms in total. The lowest BCUT2D eigenvalue weighted by molar-refractivity contribution is -0.142. The summed E-state index contributed by atoms with van der Waals surface area (Å²) in [4.78, 5) is 22.2. The molecule has 1 aromatic carbocycles. The summed E-state index contributed by atoms with van der Waals surface area (Å²) in [6, 6.07) is 9.93. The number of para-hydroxylation sites is 1. The number of nitrogens with zero attached hydrogens (tertiary/aromatic N) is 1. The zero-order valence-corrected chi connectivity index (χ0v) is 11.8. The fraction of sp³-hybridized carbons (Fsp3) is 0.333. The highest BCUT2D eigenvalue weighted by Crippen LogP contribution is 2.18. The molecule has 0 atom stereocenters. The number of carboxylic acid groups (broad SMARTS) is 1. The fourth-order valence-electron chi connectivity index (χ4n) is 2.18. The molecule has 1 aromatic heterocycles. The molecule has 112 valence electrons. The number of hydrogen-bond acceptors (Lipinski definition) is 3. The van der Waals surface area contributed by atoms with Crippen LogP contribution in [0.2, 0.25) is 0 Å². The number of ether oxygens (including phenoxy) is 1. The second kappa shape index (κ2) is 6.90. The van der Waals surface area contributed by atoms with Gasteiger partial charge in [-0.15, -0.1) is 0 Å². The Morgan fingerprint density at radius 1 is 1.33 bits per heavy atom. The van der Waals surface area contributed by atoms with Crippen molar-refractivity contribution in [1.82, 2.24) is 9.88 Å². The van der Waals surface area contributed by atoms with Gasteiger partial charge >= 0.3 is 5.97 Å². The molecule has 0 spiro atoms. The Morgan fingerprint density at radius 2 is 2.10 bits per heavy atom. The molecule has 0 saturated carbocycles. The van der Waals surface area contributed by atoms with Crippen LogP contribution in [0.1, 0.15) is 5.69 Å². The summed E-state index contributed by atoms with van der Waals surface area (Å²) in [6.45, 7) is 2.33. The van der Waals surface area contributed by atoms with E-state index < -0.39 is 5.97 Å². The fourth-order valence-corrected chi connectivity index (χ4v) is 2.18. The van der Waals surface area contributed by atoms with Crippen molar-refractivity contribution < 1.29 is 19.4 Å². The Labute approximate surface area is 122 Å². The molecule has 1 heterocycles. The van der Waals surface area contributed by atoms with Crippen molar-refractivity contribution in [3.63, 3.8) is 0 Å². The van der Waals surface area contributed by atoms with Gasteiger partial charge < -0.3 is 19.7 Å². The van der Waals surface area contributed by atoms with Gasteiger partial charge in [0.05, 0.1) is 6.61 Å². The summed E-state index contributed by atoms with van der Waals surface area (Å²) >= 11 is 0. The number of hydrogen-bond donors (Lipinski definition) is 2. The van der Waals surface area contributed by atoms with Crippen LogP contribution in [-0.2, 0) is 20.9 Å². The van der Waals surface area contributed by atoms with Crippen LogP contribution in [-0.4, -0.2) is 41.3 Å². The van der Waals surface area contributed by atoms with Crippen molar-refractivity contribution in [2.75, 3.05) is 19.8 Å². The van der Waals surface area contributed by atoms with Crippen molar-refractivity contribution in [2.45, 2.75) is 13.5 Å². The normalized spacial score (nSPS) is 10.7. The third-order valence-corrected chi connectivity index (χ3v) is 3.11. The van der Waals surface area contributed by atoms with E-state index in [1.807, 2.05) is 41.8 Å². The van der Waals surface area contributed by atoms with Crippen molar-refractivity contribution in [2.24, 2.45) is 0 Å². The van der Waals surface area contributed by atoms with Crippen molar-refractivity contribution in [3.8, 4) is 0 Å². The molecular formula is C15H18N2O4. The second-order valence-corrected chi connectivity index (χ2v) is 4.73. The molecule has 1 amide bonds. The first-order valence-electron chi connectivity index (χ1n) is 6.69. The molecule has 0 radical (unpaired) electrons. The van der Waals surface area contributed by atoms with Crippen LogP contribution in [0.25, 0.3) is 10.9 Å². The highest BCUT2D eigenvalue weighted by Gasteiger charge is 2.09. The maximum atomic E-state index is 11.9. The molecule has 0 aliphatic heterocycles. The van der Waals surface area contributed by atoms with Gasteiger partial charge in [-0.25, -0.2) is 4.79 Å². The van der Waals surface area contributed by atoms with Gasteiger partial charge in [-0.1, -0.05) is 18.2 Å². The van der Waals surface area contributed by atoms with Crippen LogP contribution < -0.4 is 5.32 Å². The van der Waals surface area contributed by atoms with Gasteiger partial charge in [0.1, 0.15) is 13.2 Å². The topological polar surface area (TPSA) is 80.6 Å². The van der Waals surface area contributed by atoms with Gasteiger partial charge in [-0.2, -0.15) is 0 Å².